The molecule has 8 nitrogen and oxygen atoms in total. The molecule has 2 aliphatic rings. The molecule has 0 aliphatic carbocycles. The molecule has 2 aliphatic heterocycles. The zero-order valence-corrected chi connectivity index (χ0v) is 21.3. The summed E-state index contributed by atoms with van der Waals surface area (Å²) < 4.78 is 16.3. The van der Waals surface area contributed by atoms with Crippen LogP contribution in [0.1, 0.15) is 55.7 Å². The first-order valence-corrected chi connectivity index (χ1v) is 12.7. The number of rotatable bonds is 11. The maximum absolute atomic E-state index is 13.2. The van der Waals surface area contributed by atoms with E-state index >= 15 is 0 Å². The van der Waals surface area contributed by atoms with Crippen molar-refractivity contribution in [3.8, 4) is 17.2 Å². The summed E-state index contributed by atoms with van der Waals surface area (Å²) in [5, 5.41) is 10.4. The quantitative estimate of drug-likeness (QED) is 0.464. The van der Waals surface area contributed by atoms with Crippen molar-refractivity contribution in [2.75, 3.05) is 40.6 Å². The lowest BCUT2D eigenvalue weighted by molar-refractivity contribution is -0.143. The molecule has 8 heteroatoms. The van der Waals surface area contributed by atoms with Crippen LogP contribution in [0.25, 0.3) is 0 Å². The number of hydrogen-bond donors (Lipinski definition) is 1. The minimum absolute atomic E-state index is 0.000450. The summed E-state index contributed by atoms with van der Waals surface area (Å²) in [4.78, 5) is 29.7. The summed E-state index contributed by atoms with van der Waals surface area (Å²) in [5.74, 6) is 0.0476. The van der Waals surface area contributed by atoms with Crippen LogP contribution in [0.4, 0.5) is 0 Å². The van der Waals surface area contributed by atoms with Crippen molar-refractivity contribution < 1.29 is 28.9 Å². The maximum atomic E-state index is 13.2. The normalized spacial score (nSPS) is 20.9. The maximum Gasteiger partial charge on any atom is 0.309 e. The minimum Gasteiger partial charge on any atom is -0.497 e. The minimum atomic E-state index is -0.888. The van der Waals surface area contributed by atoms with Gasteiger partial charge in [0.2, 0.25) is 12.7 Å². The SMILES string of the molecule is CCCCCCN(C)C(=O)CN1C[C@H](c2ccc3c(c2)OCO3)[C@@H](C(=O)O)[C@@H]1c1ccc(OC)cc1. The summed E-state index contributed by atoms with van der Waals surface area (Å²) in [6.45, 7) is 3.63. The number of methoxy groups -OCH3 is 1. The third kappa shape index (κ3) is 5.59. The highest BCUT2D eigenvalue weighted by molar-refractivity contribution is 5.79. The Kier molecular flexibility index (Phi) is 8.36. The Hall–Kier alpha value is -3.26. The summed E-state index contributed by atoms with van der Waals surface area (Å²) in [5.41, 5.74) is 1.72. The first-order chi connectivity index (χ1) is 17.4. The van der Waals surface area contributed by atoms with Crippen molar-refractivity contribution in [1.82, 2.24) is 9.80 Å². The average Bonchev–Trinajstić information content (AvgIpc) is 3.50. The summed E-state index contributed by atoms with van der Waals surface area (Å²) in [6.07, 6.45) is 4.37. The summed E-state index contributed by atoms with van der Waals surface area (Å²) in [6, 6.07) is 12.6. The lowest BCUT2D eigenvalue weighted by atomic mass is 9.82. The van der Waals surface area contributed by atoms with Gasteiger partial charge in [0.1, 0.15) is 5.75 Å². The third-order valence-corrected chi connectivity index (χ3v) is 7.28. The Balaban J connectivity index is 1.61. The van der Waals surface area contributed by atoms with Crippen LogP contribution in [0, 0.1) is 5.92 Å². The van der Waals surface area contributed by atoms with Gasteiger partial charge < -0.3 is 24.2 Å². The smallest absolute Gasteiger partial charge is 0.309 e. The van der Waals surface area contributed by atoms with Crippen molar-refractivity contribution in [3.05, 3.63) is 53.6 Å². The Labute approximate surface area is 212 Å². The number of carbonyl (C=O) groups excluding carboxylic acids is 1. The van der Waals surface area contributed by atoms with Gasteiger partial charge in [0.15, 0.2) is 11.5 Å². The van der Waals surface area contributed by atoms with E-state index in [2.05, 4.69) is 6.92 Å². The second-order valence-electron chi connectivity index (χ2n) is 9.61. The molecule has 0 radical (unpaired) electrons. The van der Waals surface area contributed by atoms with Gasteiger partial charge >= 0.3 is 5.97 Å². The van der Waals surface area contributed by atoms with Gasteiger partial charge in [-0.1, -0.05) is 44.4 Å². The van der Waals surface area contributed by atoms with Crippen LogP contribution in [-0.2, 0) is 9.59 Å². The molecule has 2 aromatic rings. The fraction of sp³-hybridized carbons (Fsp3) is 0.500. The van der Waals surface area contributed by atoms with Gasteiger partial charge in [0, 0.05) is 32.1 Å². The van der Waals surface area contributed by atoms with Crippen molar-refractivity contribution in [2.24, 2.45) is 5.92 Å². The number of hydrogen-bond acceptors (Lipinski definition) is 6. The van der Waals surface area contributed by atoms with Gasteiger partial charge in [-0.3, -0.25) is 14.5 Å². The highest BCUT2D eigenvalue weighted by atomic mass is 16.7. The van der Waals surface area contributed by atoms with Crippen LogP contribution in [0.3, 0.4) is 0 Å². The molecule has 0 aromatic heterocycles. The second-order valence-corrected chi connectivity index (χ2v) is 9.61. The molecule has 4 rings (SSSR count). The number of nitrogens with zero attached hydrogens (tertiary/aromatic N) is 2. The molecule has 1 N–H and O–H groups in total. The van der Waals surface area contributed by atoms with Gasteiger partial charge in [-0.15, -0.1) is 0 Å². The molecular formula is C28H36N2O6. The lowest BCUT2D eigenvalue weighted by Gasteiger charge is -2.28. The van der Waals surface area contributed by atoms with E-state index in [4.69, 9.17) is 14.2 Å². The molecule has 0 unspecified atom stereocenters. The number of carboxylic acid groups (broad SMARTS) is 1. The van der Waals surface area contributed by atoms with Crippen molar-refractivity contribution in [1.29, 1.82) is 0 Å². The van der Waals surface area contributed by atoms with Gasteiger partial charge in [-0.2, -0.15) is 0 Å². The molecule has 3 atom stereocenters. The van der Waals surface area contributed by atoms with Crippen LogP contribution >= 0.6 is 0 Å². The molecule has 1 saturated heterocycles. The molecule has 1 amide bonds. The number of fused-ring (bicyclic) bond motifs is 1. The zero-order valence-electron chi connectivity index (χ0n) is 21.3. The van der Waals surface area contributed by atoms with E-state index in [1.807, 2.05) is 54.4 Å². The number of likely N-dealkylation sites (N-methyl/N-ethyl adjacent to an activating group) is 1. The third-order valence-electron chi connectivity index (χ3n) is 7.28. The first-order valence-electron chi connectivity index (χ1n) is 12.7. The number of aliphatic carboxylic acids is 1. The van der Waals surface area contributed by atoms with E-state index in [9.17, 15) is 14.7 Å². The second kappa shape index (κ2) is 11.6. The summed E-state index contributed by atoms with van der Waals surface area (Å²) in [7, 11) is 3.43. The molecule has 1 fully saturated rings. The number of ether oxygens (including phenoxy) is 3. The van der Waals surface area contributed by atoms with Crippen molar-refractivity contribution in [3.63, 3.8) is 0 Å². The van der Waals surface area contributed by atoms with Crippen LogP contribution in [0.15, 0.2) is 42.5 Å². The highest BCUT2D eigenvalue weighted by Gasteiger charge is 2.48. The van der Waals surface area contributed by atoms with Gasteiger partial charge in [-0.25, -0.2) is 0 Å². The van der Waals surface area contributed by atoms with Gasteiger partial charge in [0.25, 0.3) is 0 Å². The van der Waals surface area contributed by atoms with E-state index in [1.165, 1.54) is 0 Å². The molecule has 0 saturated carbocycles. The van der Waals surface area contributed by atoms with E-state index in [-0.39, 0.29) is 25.2 Å². The standard InChI is InChI=1S/C28H36N2O6/c1-4-5-6-7-14-29(2)25(31)17-30-16-22(20-10-13-23-24(15-20)36-18-35-23)26(28(32)33)27(30)19-8-11-21(34-3)12-9-19/h8-13,15,22,26-27H,4-7,14,16-18H2,1-3H3,(H,32,33)/t22-,26-,27+/m1/s1. The van der Waals surface area contributed by atoms with E-state index in [0.717, 1.165) is 36.8 Å². The Morgan fingerprint density at radius 1 is 1.06 bits per heavy atom. The molecule has 0 spiro atoms. The Morgan fingerprint density at radius 2 is 1.78 bits per heavy atom. The van der Waals surface area contributed by atoms with Crippen LogP contribution in [-0.4, -0.2) is 67.4 Å². The number of amides is 1. The molecule has 2 heterocycles. The molecular weight excluding hydrogens is 460 g/mol. The van der Waals surface area contributed by atoms with Crippen molar-refractivity contribution >= 4 is 11.9 Å². The van der Waals surface area contributed by atoms with E-state index in [1.54, 1.807) is 12.0 Å². The number of carbonyl (C=O) groups is 2. The molecule has 194 valence electrons. The number of benzene rings is 2. The lowest BCUT2D eigenvalue weighted by Crippen LogP contribution is -2.39. The Bertz CT molecular complexity index is 1060. The number of unbranched alkanes of at least 4 members (excludes halogenated alkanes) is 3. The zero-order chi connectivity index (χ0) is 25.7. The fourth-order valence-electron chi connectivity index (χ4n) is 5.27. The predicted molar refractivity (Wildman–Crippen MR) is 136 cm³/mol. The number of likely N-dealkylation sites (tertiary alicyclic amines) is 1. The van der Waals surface area contributed by atoms with E-state index < -0.39 is 17.9 Å². The monoisotopic (exact) mass is 496 g/mol. The number of carboxylic acids is 1. The van der Waals surface area contributed by atoms with Gasteiger partial charge in [0.05, 0.1) is 19.6 Å². The van der Waals surface area contributed by atoms with Crippen LogP contribution in [0.5, 0.6) is 17.2 Å². The average molecular weight is 497 g/mol. The largest absolute Gasteiger partial charge is 0.497 e. The fourth-order valence-corrected chi connectivity index (χ4v) is 5.27. The molecule has 36 heavy (non-hydrogen) atoms. The predicted octanol–water partition coefficient (Wildman–Crippen LogP) is 4.30. The van der Waals surface area contributed by atoms with Crippen LogP contribution < -0.4 is 14.2 Å². The van der Waals surface area contributed by atoms with Crippen molar-refractivity contribution in [2.45, 2.75) is 44.6 Å². The molecule has 2 aromatic carbocycles. The molecule has 0 bridgehead atoms. The van der Waals surface area contributed by atoms with Gasteiger partial charge in [-0.05, 0) is 41.8 Å². The first kappa shape index (κ1) is 25.8. The van der Waals surface area contributed by atoms with E-state index in [0.29, 0.717) is 30.3 Å². The highest BCUT2D eigenvalue weighted by Crippen LogP contribution is 2.47. The van der Waals surface area contributed by atoms with Crippen LogP contribution in [0.2, 0.25) is 0 Å². The summed E-state index contributed by atoms with van der Waals surface area (Å²) >= 11 is 0. The Morgan fingerprint density at radius 3 is 2.47 bits per heavy atom. The topological polar surface area (TPSA) is 88.5 Å².